The molecule has 0 amide bonds. The molecular weight excluding hydrogens is 202 g/mol. The van der Waals surface area contributed by atoms with Gasteiger partial charge in [0.1, 0.15) is 0 Å². The summed E-state index contributed by atoms with van der Waals surface area (Å²) in [6, 6.07) is 1.94. The second-order valence-electron chi connectivity index (χ2n) is 2.88. The maximum absolute atomic E-state index is 6.00. The van der Waals surface area contributed by atoms with Crippen molar-refractivity contribution in [1.82, 2.24) is 5.32 Å². The van der Waals surface area contributed by atoms with Gasteiger partial charge in [-0.15, -0.1) is 11.3 Å². The molecule has 1 heterocycles. The van der Waals surface area contributed by atoms with Gasteiger partial charge in [0.05, 0.1) is 5.02 Å². The molecule has 1 aromatic heterocycles. The summed E-state index contributed by atoms with van der Waals surface area (Å²) in [5.41, 5.74) is 1.27. The monoisotopic (exact) mass is 215 g/mol. The van der Waals surface area contributed by atoms with Crippen molar-refractivity contribution in [3.63, 3.8) is 0 Å². The molecule has 0 aliphatic rings. The lowest BCUT2D eigenvalue weighted by molar-refractivity contribution is 0.808. The summed E-state index contributed by atoms with van der Waals surface area (Å²) >= 11 is 7.70. The van der Waals surface area contributed by atoms with Gasteiger partial charge >= 0.3 is 0 Å². The van der Waals surface area contributed by atoms with E-state index in [1.54, 1.807) is 11.3 Å². The van der Waals surface area contributed by atoms with E-state index < -0.39 is 0 Å². The highest BCUT2D eigenvalue weighted by atomic mass is 35.5. The standard InChI is InChI=1S/C10H14ClNS/c1-8(4-3-6-12-2)10-9(11)5-7-13-10/h4-5,7,12H,3,6H2,1-2H3/b8-4-. The molecule has 0 bridgehead atoms. The Labute approximate surface area is 88.4 Å². The molecule has 0 unspecified atom stereocenters. The third-order valence-electron chi connectivity index (χ3n) is 1.82. The molecule has 0 aliphatic carbocycles. The van der Waals surface area contributed by atoms with Crippen molar-refractivity contribution in [3.05, 3.63) is 27.4 Å². The van der Waals surface area contributed by atoms with Gasteiger partial charge in [-0.2, -0.15) is 0 Å². The summed E-state index contributed by atoms with van der Waals surface area (Å²) < 4.78 is 0. The van der Waals surface area contributed by atoms with Crippen LogP contribution in [0.3, 0.4) is 0 Å². The fourth-order valence-corrected chi connectivity index (χ4v) is 2.31. The van der Waals surface area contributed by atoms with E-state index in [2.05, 4.69) is 18.3 Å². The second-order valence-corrected chi connectivity index (χ2v) is 4.20. The highest BCUT2D eigenvalue weighted by molar-refractivity contribution is 7.11. The van der Waals surface area contributed by atoms with E-state index in [1.807, 2.05) is 18.5 Å². The second kappa shape index (κ2) is 5.43. The van der Waals surface area contributed by atoms with Gasteiger partial charge in [-0.05, 0) is 44.0 Å². The Morgan fingerprint density at radius 2 is 2.46 bits per heavy atom. The van der Waals surface area contributed by atoms with Crippen LogP contribution in [-0.2, 0) is 0 Å². The maximum Gasteiger partial charge on any atom is 0.0588 e. The van der Waals surface area contributed by atoms with Crippen molar-refractivity contribution in [2.24, 2.45) is 0 Å². The van der Waals surface area contributed by atoms with Crippen molar-refractivity contribution in [3.8, 4) is 0 Å². The molecule has 3 heteroatoms. The smallest absolute Gasteiger partial charge is 0.0588 e. The number of rotatable bonds is 4. The van der Waals surface area contributed by atoms with Crippen LogP contribution in [0.25, 0.3) is 5.57 Å². The first-order valence-corrected chi connectivity index (χ1v) is 5.56. The summed E-state index contributed by atoms with van der Waals surface area (Å²) in [6.45, 7) is 3.12. The third kappa shape index (κ3) is 3.14. The molecule has 0 atom stereocenters. The molecule has 13 heavy (non-hydrogen) atoms. The van der Waals surface area contributed by atoms with Crippen molar-refractivity contribution < 1.29 is 0 Å². The highest BCUT2D eigenvalue weighted by Crippen LogP contribution is 2.29. The predicted molar refractivity (Wildman–Crippen MR) is 61.5 cm³/mol. The topological polar surface area (TPSA) is 12.0 Å². The Bertz CT molecular complexity index is 291. The number of hydrogen-bond donors (Lipinski definition) is 1. The molecule has 0 fully saturated rings. The minimum Gasteiger partial charge on any atom is -0.319 e. The summed E-state index contributed by atoms with van der Waals surface area (Å²) in [4.78, 5) is 1.19. The van der Waals surface area contributed by atoms with Gasteiger partial charge in [-0.1, -0.05) is 17.7 Å². The van der Waals surface area contributed by atoms with E-state index in [4.69, 9.17) is 11.6 Å². The molecular formula is C10H14ClNS. The zero-order valence-corrected chi connectivity index (χ0v) is 9.50. The van der Waals surface area contributed by atoms with E-state index >= 15 is 0 Å². The zero-order valence-electron chi connectivity index (χ0n) is 7.93. The number of halogens is 1. The van der Waals surface area contributed by atoms with Crippen LogP contribution in [0.1, 0.15) is 18.2 Å². The first kappa shape index (κ1) is 10.8. The molecule has 0 aromatic carbocycles. The van der Waals surface area contributed by atoms with Crippen LogP contribution < -0.4 is 5.32 Å². The van der Waals surface area contributed by atoms with Gasteiger partial charge in [0, 0.05) is 4.88 Å². The van der Waals surface area contributed by atoms with Crippen LogP contribution in [0.15, 0.2) is 17.5 Å². The Morgan fingerprint density at radius 3 is 3.00 bits per heavy atom. The fourth-order valence-electron chi connectivity index (χ4n) is 1.10. The van der Waals surface area contributed by atoms with Crippen LogP contribution in [0.4, 0.5) is 0 Å². The Kier molecular flexibility index (Phi) is 4.50. The molecule has 0 saturated carbocycles. The first-order chi connectivity index (χ1) is 6.25. The lowest BCUT2D eigenvalue weighted by Gasteiger charge is -1.98. The molecule has 1 nitrogen and oxygen atoms in total. The largest absolute Gasteiger partial charge is 0.319 e. The van der Waals surface area contributed by atoms with Gasteiger partial charge in [0.25, 0.3) is 0 Å². The molecule has 1 N–H and O–H groups in total. The summed E-state index contributed by atoms with van der Waals surface area (Å²) in [5.74, 6) is 0. The van der Waals surface area contributed by atoms with E-state index in [0.29, 0.717) is 0 Å². The number of allylic oxidation sites excluding steroid dienone is 1. The number of hydrogen-bond acceptors (Lipinski definition) is 2. The van der Waals surface area contributed by atoms with Crippen LogP contribution >= 0.6 is 22.9 Å². The maximum atomic E-state index is 6.00. The van der Waals surface area contributed by atoms with E-state index in [9.17, 15) is 0 Å². The first-order valence-electron chi connectivity index (χ1n) is 4.30. The molecule has 0 aliphatic heterocycles. The van der Waals surface area contributed by atoms with Crippen molar-refractivity contribution >= 4 is 28.5 Å². The van der Waals surface area contributed by atoms with Gasteiger partial charge < -0.3 is 5.32 Å². The van der Waals surface area contributed by atoms with Crippen molar-refractivity contribution in [1.29, 1.82) is 0 Å². The average molecular weight is 216 g/mol. The van der Waals surface area contributed by atoms with Crippen molar-refractivity contribution in [2.45, 2.75) is 13.3 Å². The van der Waals surface area contributed by atoms with Gasteiger partial charge in [0.15, 0.2) is 0 Å². The Morgan fingerprint density at radius 1 is 1.69 bits per heavy atom. The highest BCUT2D eigenvalue weighted by Gasteiger charge is 2.02. The minimum atomic E-state index is 0.864. The summed E-state index contributed by atoms with van der Waals surface area (Å²) in [6.07, 6.45) is 3.27. The van der Waals surface area contributed by atoms with E-state index in [-0.39, 0.29) is 0 Å². The van der Waals surface area contributed by atoms with Crippen molar-refractivity contribution in [2.75, 3.05) is 13.6 Å². The third-order valence-corrected chi connectivity index (χ3v) is 3.30. The van der Waals surface area contributed by atoms with Crippen LogP contribution in [-0.4, -0.2) is 13.6 Å². The van der Waals surface area contributed by atoms with E-state index in [1.165, 1.54) is 10.5 Å². The van der Waals surface area contributed by atoms with Gasteiger partial charge in [-0.25, -0.2) is 0 Å². The Balaban J connectivity index is 2.62. The molecule has 72 valence electrons. The van der Waals surface area contributed by atoms with Gasteiger partial charge in [0.2, 0.25) is 0 Å². The molecule has 0 saturated heterocycles. The van der Waals surface area contributed by atoms with E-state index in [0.717, 1.165) is 18.0 Å². The minimum absolute atomic E-state index is 0.864. The van der Waals surface area contributed by atoms with Crippen LogP contribution in [0.2, 0.25) is 5.02 Å². The molecule has 1 rings (SSSR count). The summed E-state index contributed by atoms with van der Waals surface area (Å²) in [5, 5.41) is 5.99. The Hall–Kier alpha value is -0.310. The van der Waals surface area contributed by atoms with Crippen LogP contribution in [0.5, 0.6) is 0 Å². The quantitative estimate of drug-likeness (QED) is 0.760. The predicted octanol–water partition coefficient (Wildman–Crippen LogP) is 3.41. The lowest BCUT2D eigenvalue weighted by atomic mass is 10.2. The fraction of sp³-hybridized carbons (Fsp3) is 0.400. The lowest BCUT2D eigenvalue weighted by Crippen LogP contribution is -2.05. The number of thiophene rings is 1. The summed E-state index contributed by atoms with van der Waals surface area (Å²) in [7, 11) is 1.96. The normalized spacial score (nSPS) is 12.1. The van der Waals surface area contributed by atoms with Gasteiger partial charge in [-0.3, -0.25) is 0 Å². The SMILES string of the molecule is CNCC/C=C(/C)c1sccc1Cl. The number of nitrogens with one attached hydrogen (secondary N) is 1. The molecule has 1 aromatic rings. The zero-order chi connectivity index (χ0) is 9.68. The average Bonchev–Trinajstić information content (AvgIpc) is 2.52. The molecule has 0 spiro atoms. The van der Waals surface area contributed by atoms with Crippen LogP contribution in [0, 0.1) is 0 Å². The molecule has 0 radical (unpaired) electrons.